The van der Waals surface area contributed by atoms with Crippen molar-refractivity contribution in [3.63, 3.8) is 0 Å². The molecule has 15 N–H and O–H groups in total. The maximum absolute atomic E-state index is 13.4. The van der Waals surface area contributed by atoms with Crippen LogP contribution in [0.4, 0.5) is 0 Å². The molecule has 0 spiro atoms. The number of nitrogens with two attached hydrogens (primary N) is 5. The van der Waals surface area contributed by atoms with E-state index in [1.807, 2.05) is 0 Å². The summed E-state index contributed by atoms with van der Waals surface area (Å²) >= 11 is 0. The number of aliphatic hydroxyl groups is 1. The molecule has 0 aromatic heterocycles. The van der Waals surface area contributed by atoms with Gasteiger partial charge in [-0.05, 0) is 31.2 Å². The lowest BCUT2D eigenvalue weighted by Gasteiger charge is -2.25. The number of aliphatic carboxylic acids is 1. The van der Waals surface area contributed by atoms with Crippen LogP contribution in [0.25, 0.3) is 0 Å². The number of carboxylic acids is 1. The second-order valence-electron chi connectivity index (χ2n) is 8.90. The van der Waals surface area contributed by atoms with Gasteiger partial charge >= 0.3 is 5.97 Å². The molecule has 0 aliphatic carbocycles. The number of rotatable bonds is 18. The Labute approximate surface area is 231 Å². The van der Waals surface area contributed by atoms with E-state index in [0.717, 1.165) is 5.56 Å². The summed E-state index contributed by atoms with van der Waals surface area (Å²) in [7, 11) is 0. The highest BCUT2D eigenvalue weighted by Gasteiger charge is 2.30. The summed E-state index contributed by atoms with van der Waals surface area (Å²) in [6.07, 6.45) is 1.04. The summed E-state index contributed by atoms with van der Waals surface area (Å²) in [4.78, 5) is 58.0. The van der Waals surface area contributed by atoms with Gasteiger partial charge in [-0.3, -0.25) is 24.4 Å². The number of nitrogens with one attached hydrogen (secondary N) is 3. The van der Waals surface area contributed by atoms with Crippen molar-refractivity contribution in [2.75, 3.05) is 19.7 Å². The first-order valence-corrected chi connectivity index (χ1v) is 12.6. The maximum Gasteiger partial charge on any atom is 0.328 e. The third-order valence-electron chi connectivity index (χ3n) is 5.60. The van der Waals surface area contributed by atoms with Crippen molar-refractivity contribution in [1.82, 2.24) is 16.0 Å². The van der Waals surface area contributed by atoms with Crippen LogP contribution >= 0.6 is 0 Å². The summed E-state index contributed by atoms with van der Waals surface area (Å²) in [5, 5.41) is 25.8. The van der Waals surface area contributed by atoms with Gasteiger partial charge in [0.1, 0.15) is 18.1 Å². The molecular formula is C24H40N10O6. The highest BCUT2D eigenvalue weighted by molar-refractivity contribution is 5.94. The molecule has 3 amide bonds. The van der Waals surface area contributed by atoms with Crippen LogP contribution in [0, 0.1) is 0 Å². The number of amides is 3. The molecule has 0 aliphatic heterocycles. The van der Waals surface area contributed by atoms with Crippen molar-refractivity contribution in [3.05, 3.63) is 35.9 Å². The van der Waals surface area contributed by atoms with Gasteiger partial charge in [-0.15, -0.1) is 0 Å². The fourth-order valence-electron chi connectivity index (χ4n) is 3.49. The topological polar surface area (TPSA) is 300 Å². The number of carbonyl (C=O) groups is 4. The third kappa shape index (κ3) is 13.4. The predicted molar refractivity (Wildman–Crippen MR) is 148 cm³/mol. The minimum atomic E-state index is -1.58. The van der Waals surface area contributed by atoms with Crippen molar-refractivity contribution in [3.8, 4) is 0 Å². The molecule has 0 fully saturated rings. The molecule has 0 radical (unpaired) electrons. The lowest BCUT2D eigenvalue weighted by Crippen LogP contribution is -2.58. The number of hydrogen-bond acceptors (Lipinski definition) is 8. The number of aliphatic imine (C=N–C) groups is 2. The van der Waals surface area contributed by atoms with Gasteiger partial charge in [0.05, 0.1) is 12.6 Å². The molecule has 40 heavy (non-hydrogen) atoms. The van der Waals surface area contributed by atoms with Gasteiger partial charge in [0.15, 0.2) is 11.9 Å². The minimum Gasteiger partial charge on any atom is -0.480 e. The lowest BCUT2D eigenvalue weighted by atomic mass is 10.0. The molecule has 1 aromatic carbocycles. The van der Waals surface area contributed by atoms with Gasteiger partial charge in [0.2, 0.25) is 17.7 Å². The zero-order valence-electron chi connectivity index (χ0n) is 22.2. The van der Waals surface area contributed by atoms with Gasteiger partial charge in [-0.1, -0.05) is 30.3 Å². The molecule has 0 aliphatic rings. The van der Waals surface area contributed by atoms with Gasteiger partial charge in [-0.2, -0.15) is 0 Å². The zero-order chi connectivity index (χ0) is 30.1. The van der Waals surface area contributed by atoms with Crippen LogP contribution in [0.3, 0.4) is 0 Å². The quantitative estimate of drug-likeness (QED) is 0.0468. The van der Waals surface area contributed by atoms with Gasteiger partial charge < -0.3 is 54.8 Å². The minimum absolute atomic E-state index is 0.0302. The smallest absolute Gasteiger partial charge is 0.328 e. The highest BCUT2D eigenvalue weighted by atomic mass is 16.4. The second-order valence-corrected chi connectivity index (χ2v) is 8.90. The standard InChI is InChI=1S/C24H40N10O6/c25-15(8-4-10-30-23(26)27)19(36)33-17(12-14-6-2-1-3-7-14)21(38)32-16(9-5-11-31-24(28)29)20(37)34-18(13-35)22(39)40/h1-3,6-7,15-18,35H,4-5,8-13,25H2,(H,32,38)(H,33,36)(H,34,37)(H,39,40)(H4,26,27,30)(H4,28,29,31). The van der Waals surface area contributed by atoms with Crippen LogP contribution in [0.15, 0.2) is 40.3 Å². The van der Waals surface area contributed by atoms with Gasteiger partial charge in [-0.25, -0.2) is 4.79 Å². The van der Waals surface area contributed by atoms with Crippen molar-refractivity contribution in [2.24, 2.45) is 38.7 Å². The molecule has 1 aromatic rings. The van der Waals surface area contributed by atoms with Crippen LogP contribution in [0.5, 0.6) is 0 Å². The highest BCUT2D eigenvalue weighted by Crippen LogP contribution is 2.07. The van der Waals surface area contributed by atoms with E-state index in [4.69, 9.17) is 28.7 Å². The summed E-state index contributed by atoms with van der Waals surface area (Å²) < 4.78 is 0. The molecular weight excluding hydrogens is 524 g/mol. The average Bonchev–Trinajstić information content (AvgIpc) is 2.90. The van der Waals surface area contributed by atoms with E-state index in [-0.39, 0.29) is 50.7 Å². The average molecular weight is 565 g/mol. The maximum atomic E-state index is 13.4. The monoisotopic (exact) mass is 564 g/mol. The van der Waals surface area contributed by atoms with Crippen LogP contribution in [-0.4, -0.2) is 89.7 Å². The second kappa shape index (κ2) is 18.0. The molecule has 4 atom stereocenters. The first-order valence-electron chi connectivity index (χ1n) is 12.6. The van der Waals surface area contributed by atoms with Crippen LogP contribution in [0.2, 0.25) is 0 Å². The molecule has 16 nitrogen and oxygen atoms in total. The number of aliphatic hydroxyl groups excluding tert-OH is 1. The lowest BCUT2D eigenvalue weighted by molar-refractivity contribution is -0.143. The fourth-order valence-corrected chi connectivity index (χ4v) is 3.49. The van der Waals surface area contributed by atoms with Crippen LogP contribution in [-0.2, 0) is 25.6 Å². The molecule has 222 valence electrons. The molecule has 16 heteroatoms. The SMILES string of the molecule is NC(N)=NCCCC(N)C(=O)NC(Cc1ccccc1)C(=O)NC(CCCN=C(N)N)C(=O)NC(CO)C(=O)O. The molecule has 0 heterocycles. The first kappa shape index (κ1) is 33.6. The summed E-state index contributed by atoms with van der Waals surface area (Å²) in [5.74, 6) is -3.84. The van der Waals surface area contributed by atoms with Crippen LogP contribution in [0.1, 0.15) is 31.2 Å². The predicted octanol–water partition coefficient (Wildman–Crippen LogP) is -3.81. The van der Waals surface area contributed by atoms with E-state index in [2.05, 4.69) is 25.9 Å². The van der Waals surface area contributed by atoms with E-state index in [0.29, 0.717) is 6.42 Å². The number of hydrogen-bond donors (Lipinski definition) is 10. The van der Waals surface area contributed by atoms with E-state index in [1.165, 1.54) is 0 Å². The Bertz CT molecular complexity index is 1030. The Morgan fingerprint density at radius 2 is 1.25 bits per heavy atom. The van der Waals surface area contributed by atoms with Crippen molar-refractivity contribution < 1.29 is 29.4 Å². The molecule has 1 rings (SSSR count). The van der Waals surface area contributed by atoms with E-state index in [9.17, 15) is 29.4 Å². The van der Waals surface area contributed by atoms with Crippen molar-refractivity contribution in [1.29, 1.82) is 0 Å². The Hall–Kier alpha value is -4.44. The largest absolute Gasteiger partial charge is 0.480 e. The summed E-state index contributed by atoms with van der Waals surface area (Å²) in [5.41, 5.74) is 27.9. The molecule has 4 unspecified atom stereocenters. The first-order chi connectivity index (χ1) is 18.9. The van der Waals surface area contributed by atoms with Gasteiger partial charge in [0, 0.05) is 19.5 Å². The molecule has 0 saturated carbocycles. The number of carboxylic acid groups (broad SMARTS) is 1. The zero-order valence-corrected chi connectivity index (χ0v) is 22.2. The molecule has 0 bridgehead atoms. The van der Waals surface area contributed by atoms with E-state index in [1.54, 1.807) is 30.3 Å². The fraction of sp³-hybridized carbons (Fsp3) is 0.500. The number of guanidine groups is 2. The van der Waals surface area contributed by atoms with Crippen molar-refractivity contribution in [2.45, 2.75) is 56.3 Å². The van der Waals surface area contributed by atoms with Crippen molar-refractivity contribution >= 4 is 35.6 Å². The van der Waals surface area contributed by atoms with E-state index < -0.39 is 54.5 Å². The Kier molecular flexibility index (Phi) is 15.1. The Balaban J connectivity index is 3.07. The number of benzene rings is 1. The summed E-state index contributed by atoms with van der Waals surface area (Å²) in [6, 6.07) is 3.96. The Morgan fingerprint density at radius 3 is 1.77 bits per heavy atom. The number of nitrogens with zero attached hydrogens (tertiary/aromatic N) is 2. The normalized spacial score (nSPS) is 13.6. The third-order valence-corrected chi connectivity index (χ3v) is 5.60. The van der Waals surface area contributed by atoms with Crippen LogP contribution < -0.4 is 44.6 Å². The summed E-state index contributed by atoms with van der Waals surface area (Å²) in [6.45, 7) is -0.439. The number of carbonyl (C=O) groups excluding carboxylic acids is 3. The Morgan fingerprint density at radius 1 is 0.750 bits per heavy atom. The van der Waals surface area contributed by atoms with Gasteiger partial charge in [0.25, 0.3) is 0 Å². The van der Waals surface area contributed by atoms with E-state index >= 15 is 0 Å². The molecule has 0 saturated heterocycles.